The number of benzene rings is 1. The van der Waals surface area contributed by atoms with Crippen LogP contribution in [0.25, 0.3) is 0 Å². The van der Waals surface area contributed by atoms with Crippen LogP contribution in [-0.2, 0) is 25.7 Å². The van der Waals surface area contributed by atoms with Crippen LogP contribution in [0.4, 0.5) is 0 Å². The predicted octanol–water partition coefficient (Wildman–Crippen LogP) is 0.663. The number of hydrogen-bond acceptors (Lipinski definition) is 5. The molecule has 0 aliphatic heterocycles. The highest BCUT2D eigenvalue weighted by atomic mass is 16.5. The highest BCUT2D eigenvalue weighted by molar-refractivity contribution is 6.03. The third-order valence-electron chi connectivity index (χ3n) is 2.24. The maximum absolute atomic E-state index is 11.5. The second-order valence-electron chi connectivity index (χ2n) is 3.67. The smallest absolute Gasteiger partial charge is 0.330 e. The molecule has 0 aliphatic rings. The molecule has 0 fully saturated rings. The van der Waals surface area contributed by atoms with Crippen LogP contribution < -0.4 is 5.73 Å². The molecule has 0 aromatic heterocycles. The van der Waals surface area contributed by atoms with Crippen molar-refractivity contribution < 1.29 is 19.1 Å². The molecule has 0 spiro atoms. The molecule has 0 bridgehead atoms. The quantitative estimate of drug-likeness (QED) is 0.569. The summed E-state index contributed by atoms with van der Waals surface area (Å²) in [6.07, 6.45) is 0. The first-order valence-corrected chi connectivity index (χ1v) is 5.71. The number of nitrogens with two attached hydrogens (primary N) is 1. The van der Waals surface area contributed by atoms with Gasteiger partial charge in [-0.05, 0) is 12.5 Å². The Kier molecular flexibility index (Phi) is 6.04. The Bertz CT molecular complexity index is 391. The molecule has 0 unspecified atom stereocenters. The molecule has 2 N–H and O–H groups in total. The molecule has 5 nitrogen and oxygen atoms in total. The number of hydrogen-bond donors (Lipinski definition) is 1. The molecule has 5 heteroatoms. The van der Waals surface area contributed by atoms with E-state index in [4.69, 9.17) is 10.5 Å². The largest absolute Gasteiger partial charge is 0.464 e. The van der Waals surface area contributed by atoms with E-state index in [1.54, 1.807) is 6.92 Å². The SMILES string of the molecule is CCOC(=O)[C@@H](N)C(=O)COCc1ccccc1. The summed E-state index contributed by atoms with van der Waals surface area (Å²) < 4.78 is 9.84. The molecule has 0 radical (unpaired) electrons. The monoisotopic (exact) mass is 251 g/mol. The van der Waals surface area contributed by atoms with E-state index in [1.807, 2.05) is 30.3 Å². The van der Waals surface area contributed by atoms with E-state index in [-0.39, 0.29) is 13.2 Å². The van der Waals surface area contributed by atoms with E-state index in [0.29, 0.717) is 6.61 Å². The number of esters is 1. The van der Waals surface area contributed by atoms with Gasteiger partial charge in [-0.3, -0.25) is 4.79 Å². The normalized spacial score (nSPS) is 11.9. The van der Waals surface area contributed by atoms with Crippen molar-refractivity contribution in [3.05, 3.63) is 35.9 Å². The lowest BCUT2D eigenvalue weighted by Gasteiger charge is -2.09. The molecule has 1 aromatic carbocycles. The third kappa shape index (κ3) is 4.65. The zero-order valence-electron chi connectivity index (χ0n) is 10.3. The zero-order chi connectivity index (χ0) is 13.4. The topological polar surface area (TPSA) is 78.6 Å². The van der Waals surface area contributed by atoms with Crippen molar-refractivity contribution in [1.29, 1.82) is 0 Å². The summed E-state index contributed by atoms with van der Waals surface area (Å²) in [6, 6.07) is 8.16. The van der Waals surface area contributed by atoms with Gasteiger partial charge < -0.3 is 15.2 Å². The summed E-state index contributed by atoms with van der Waals surface area (Å²) in [4.78, 5) is 22.7. The van der Waals surface area contributed by atoms with Crippen LogP contribution >= 0.6 is 0 Å². The molecule has 0 amide bonds. The number of Topliss-reactive ketones (excluding diaryl/α,β-unsaturated/α-hetero) is 1. The molecule has 0 aliphatic carbocycles. The Balaban J connectivity index is 2.31. The fourth-order valence-electron chi connectivity index (χ4n) is 1.30. The molecule has 0 saturated heterocycles. The third-order valence-corrected chi connectivity index (χ3v) is 2.24. The van der Waals surface area contributed by atoms with Crippen molar-refractivity contribution in [2.75, 3.05) is 13.2 Å². The average Bonchev–Trinajstić information content (AvgIpc) is 2.39. The van der Waals surface area contributed by atoms with Crippen molar-refractivity contribution in [2.45, 2.75) is 19.6 Å². The minimum atomic E-state index is -1.26. The second kappa shape index (κ2) is 7.58. The highest BCUT2D eigenvalue weighted by Gasteiger charge is 2.22. The van der Waals surface area contributed by atoms with Gasteiger partial charge in [0.25, 0.3) is 0 Å². The molecule has 1 aromatic rings. The van der Waals surface area contributed by atoms with Gasteiger partial charge in [0.15, 0.2) is 11.8 Å². The van der Waals surface area contributed by atoms with Crippen molar-refractivity contribution in [1.82, 2.24) is 0 Å². The minimum Gasteiger partial charge on any atom is -0.464 e. The summed E-state index contributed by atoms with van der Waals surface area (Å²) >= 11 is 0. The Labute approximate surface area is 106 Å². The molecule has 18 heavy (non-hydrogen) atoms. The number of carbonyl (C=O) groups excluding carboxylic acids is 2. The summed E-state index contributed by atoms with van der Waals surface area (Å²) in [5, 5.41) is 0. The number of carbonyl (C=O) groups is 2. The first-order valence-electron chi connectivity index (χ1n) is 5.71. The van der Waals surface area contributed by atoms with Crippen molar-refractivity contribution >= 4 is 11.8 Å². The van der Waals surface area contributed by atoms with Gasteiger partial charge in [-0.15, -0.1) is 0 Å². The number of ether oxygens (including phenoxy) is 2. The molecule has 0 saturated carbocycles. The Morgan fingerprint density at radius 3 is 2.56 bits per heavy atom. The van der Waals surface area contributed by atoms with E-state index in [9.17, 15) is 9.59 Å². The molecular weight excluding hydrogens is 234 g/mol. The standard InChI is InChI=1S/C13H17NO4/c1-2-18-13(16)12(14)11(15)9-17-8-10-6-4-3-5-7-10/h3-7,12H,2,8-9,14H2,1H3/t12-/m0/s1. The van der Waals surface area contributed by atoms with Crippen molar-refractivity contribution in [3.63, 3.8) is 0 Å². The van der Waals surface area contributed by atoms with E-state index in [1.165, 1.54) is 0 Å². The van der Waals surface area contributed by atoms with Crippen LogP contribution in [-0.4, -0.2) is 31.0 Å². The van der Waals surface area contributed by atoms with Crippen LogP contribution in [0.2, 0.25) is 0 Å². The number of ketones is 1. The van der Waals surface area contributed by atoms with Gasteiger partial charge in [-0.2, -0.15) is 0 Å². The van der Waals surface area contributed by atoms with Crippen LogP contribution in [0, 0.1) is 0 Å². The van der Waals surface area contributed by atoms with E-state index >= 15 is 0 Å². The lowest BCUT2D eigenvalue weighted by atomic mass is 10.2. The fourth-order valence-corrected chi connectivity index (χ4v) is 1.30. The Morgan fingerprint density at radius 1 is 1.28 bits per heavy atom. The summed E-state index contributed by atoms with van der Waals surface area (Å²) in [5.41, 5.74) is 6.38. The van der Waals surface area contributed by atoms with Gasteiger partial charge >= 0.3 is 5.97 Å². The summed E-state index contributed by atoms with van der Waals surface area (Å²) in [6.45, 7) is 1.96. The van der Waals surface area contributed by atoms with Gasteiger partial charge in [0.1, 0.15) is 6.61 Å². The zero-order valence-corrected chi connectivity index (χ0v) is 10.3. The maximum Gasteiger partial charge on any atom is 0.330 e. The lowest BCUT2D eigenvalue weighted by Crippen LogP contribution is -2.42. The fraction of sp³-hybridized carbons (Fsp3) is 0.385. The van der Waals surface area contributed by atoms with Crippen LogP contribution in [0.3, 0.4) is 0 Å². The van der Waals surface area contributed by atoms with E-state index in [0.717, 1.165) is 5.56 Å². The van der Waals surface area contributed by atoms with E-state index in [2.05, 4.69) is 4.74 Å². The van der Waals surface area contributed by atoms with Crippen molar-refractivity contribution in [3.8, 4) is 0 Å². The van der Waals surface area contributed by atoms with Gasteiger partial charge in [-0.1, -0.05) is 30.3 Å². The molecule has 0 heterocycles. The van der Waals surface area contributed by atoms with Crippen LogP contribution in [0.5, 0.6) is 0 Å². The molecule has 1 atom stereocenters. The molecule has 1 rings (SSSR count). The van der Waals surface area contributed by atoms with Gasteiger partial charge in [0, 0.05) is 0 Å². The first-order chi connectivity index (χ1) is 8.65. The minimum absolute atomic E-state index is 0.199. The molecule has 98 valence electrons. The average molecular weight is 251 g/mol. The van der Waals surface area contributed by atoms with Gasteiger partial charge in [-0.25, -0.2) is 4.79 Å². The maximum atomic E-state index is 11.5. The number of rotatable bonds is 7. The van der Waals surface area contributed by atoms with Crippen LogP contribution in [0.1, 0.15) is 12.5 Å². The first kappa shape index (κ1) is 14.3. The van der Waals surface area contributed by atoms with Gasteiger partial charge in [0.05, 0.1) is 13.2 Å². The highest BCUT2D eigenvalue weighted by Crippen LogP contribution is 2.00. The summed E-state index contributed by atoms with van der Waals surface area (Å²) in [5.74, 6) is -1.20. The predicted molar refractivity (Wildman–Crippen MR) is 65.7 cm³/mol. The second-order valence-corrected chi connectivity index (χ2v) is 3.67. The molecular formula is C13H17NO4. The van der Waals surface area contributed by atoms with Gasteiger partial charge in [0.2, 0.25) is 0 Å². The van der Waals surface area contributed by atoms with E-state index < -0.39 is 17.8 Å². The Hall–Kier alpha value is -1.72. The Morgan fingerprint density at radius 2 is 1.94 bits per heavy atom. The lowest BCUT2D eigenvalue weighted by molar-refractivity contribution is -0.148. The summed E-state index contributed by atoms with van der Waals surface area (Å²) in [7, 11) is 0. The van der Waals surface area contributed by atoms with Crippen molar-refractivity contribution in [2.24, 2.45) is 5.73 Å². The van der Waals surface area contributed by atoms with Crippen LogP contribution in [0.15, 0.2) is 30.3 Å².